The number of carbonyl (C=O) groups is 2. The molecule has 2 aromatic carbocycles. The summed E-state index contributed by atoms with van der Waals surface area (Å²) in [6, 6.07) is 11.3. The molecule has 1 fully saturated rings. The van der Waals surface area contributed by atoms with Crippen LogP contribution in [-0.2, 0) is 16.0 Å². The van der Waals surface area contributed by atoms with Crippen LogP contribution in [-0.4, -0.2) is 38.2 Å². The molecule has 172 valence electrons. The third-order valence-corrected chi connectivity index (χ3v) is 6.27. The zero-order valence-electron chi connectivity index (χ0n) is 19.3. The summed E-state index contributed by atoms with van der Waals surface area (Å²) < 4.78 is 22.8. The van der Waals surface area contributed by atoms with Gasteiger partial charge >= 0.3 is 5.97 Å². The minimum absolute atomic E-state index is 0.0812. The van der Waals surface area contributed by atoms with Crippen LogP contribution in [0.15, 0.2) is 30.3 Å². The lowest BCUT2D eigenvalue weighted by Crippen LogP contribution is -2.34. The van der Waals surface area contributed by atoms with E-state index in [0.717, 1.165) is 22.3 Å². The van der Waals surface area contributed by atoms with E-state index >= 15 is 0 Å². The van der Waals surface area contributed by atoms with Gasteiger partial charge in [-0.15, -0.1) is 0 Å². The molecule has 2 aliphatic carbocycles. The number of hydrogen-bond donors (Lipinski definition) is 0. The minimum atomic E-state index is -1.21. The number of benzene rings is 2. The molecule has 0 aliphatic heterocycles. The fourth-order valence-electron chi connectivity index (χ4n) is 4.13. The second-order valence-electron chi connectivity index (χ2n) is 9.01. The number of esters is 1. The summed E-state index contributed by atoms with van der Waals surface area (Å²) in [7, 11) is 3.08. The van der Waals surface area contributed by atoms with Crippen molar-refractivity contribution >= 4 is 11.8 Å². The van der Waals surface area contributed by atoms with E-state index in [1.807, 2.05) is 30.3 Å². The lowest BCUT2D eigenvalue weighted by Gasteiger charge is -2.23. The summed E-state index contributed by atoms with van der Waals surface area (Å²) >= 11 is 0. The highest BCUT2D eigenvalue weighted by Crippen LogP contribution is 2.51. The molecule has 0 amide bonds. The van der Waals surface area contributed by atoms with Crippen LogP contribution in [0.5, 0.6) is 17.2 Å². The Morgan fingerprint density at radius 3 is 2.39 bits per heavy atom. The van der Waals surface area contributed by atoms with Gasteiger partial charge in [-0.05, 0) is 56.4 Å². The van der Waals surface area contributed by atoms with Gasteiger partial charge in [0.15, 0.2) is 22.9 Å². The van der Waals surface area contributed by atoms with Crippen molar-refractivity contribution in [3.63, 3.8) is 0 Å². The van der Waals surface area contributed by atoms with Gasteiger partial charge in [-0.1, -0.05) is 18.2 Å². The Labute approximate surface area is 193 Å². The Morgan fingerprint density at radius 2 is 1.76 bits per heavy atom. The first-order chi connectivity index (χ1) is 15.7. The Bertz CT molecular complexity index is 1160. The molecule has 7 heteroatoms. The van der Waals surface area contributed by atoms with Crippen LogP contribution >= 0.6 is 0 Å². The highest BCUT2D eigenvalue weighted by atomic mass is 16.6. The molecule has 2 aromatic rings. The molecule has 0 unspecified atom stereocenters. The van der Waals surface area contributed by atoms with Crippen molar-refractivity contribution in [2.24, 2.45) is 5.41 Å². The molecule has 4 rings (SSSR count). The molecule has 0 N–H and O–H groups in total. The van der Waals surface area contributed by atoms with E-state index in [4.69, 9.17) is 18.9 Å². The number of nitriles is 1. The van der Waals surface area contributed by atoms with Gasteiger partial charge in [-0.25, -0.2) is 0 Å². The van der Waals surface area contributed by atoms with Crippen molar-refractivity contribution < 1.29 is 28.5 Å². The SMILES string of the molecule is COc1ccc(-c2cccc3c2CCC3=O)c(OCC2(C(=O)OC(C)(C)C#N)CC2)c1OC. The first-order valence-corrected chi connectivity index (χ1v) is 10.9. The molecule has 0 aromatic heterocycles. The number of rotatable bonds is 8. The van der Waals surface area contributed by atoms with Gasteiger partial charge in [0.1, 0.15) is 18.1 Å². The maximum atomic E-state index is 12.8. The quantitative estimate of drug-likeness (QED) is 0.548. The van der Waals surface area contributed by atoms with E-state index in [9.17, 15) is 14.9 Å². The van der Waals surface area contributed by atoms with Gasteiger partial charge in [0.2, 0.25) is 5.75 Å². The van der Waals surface area contributed by atoms with Crippen molar-refractivity contribution in [2.45, 2.75) is 45.1 Å². The summed E-state index contributed by atoms with van der Waals surface area (Å²) in [6.45, 7) is 3.20. The number of ether oxygens (including phenoxy) is 4. The fourth-order valence-corrected chi connectivity index (χ4v) is 4.13. The van der Waals surface area contributed by atoms with Crippen molar-refractivity contribution in [3.05, 3.63) is 41.5 Å². The molecule has 33 heavy (non-hydrogen) atoms. The third-order valence-electron chi connectivity index (χ3n) is 6.27. The number of Topliss-reactive ketones (excluding diaryl/α,β-unsaturated/α-hetero) is 1. The molecule has 1 saturated carbocycles. The van der Waals surface area contributed by atoms with Gasteiger partial charge < -0.3 is 18.9 Å². The molecule has 2 aliphatic rings. The first-order valence-electron chi connectivity index (χ1n) is 10.9. The summed E-state index contributed by atoms with van der Waals surface area (Å²) in [5.41, 5.74) is 1.37. The van der Waals surface area contributed by atoms with Gasteiger partial charge in [-0.2, -0.15) is 5.26 Å². The van der Waals surface area contributed by atoms with E-state index in [2.05, 4.69) is 0 Å². The second kappa shape index (κ2) is 8.43. The number of ketones is 1. The number of hydrogen-bond acceptors (Lipinski definition) is 7. The standard InChI is InChI=1S/C26H27NO6/c1-25(2,14-27)33-24(29)26(12-13-26)15-32-22-19(9-11-21(30-3)23(22)31-4)16-6-5-7-18-17(16)8-10-20(18)28/h5-7,9,11H,8,10,12-13,15H2,1-4H3. The van der Waals surface area contributed by atoms with Gasteiger partial charge in [0.25, 0.3) is 0 Å². The highest BCUT2D eigenvalue weighted by molar-refractivity contribution is 6.02. The Balaban J connectivity index is 1.71. The summed E-state index contributed by atoms with van der Waals surface area (Å²) in [6.07, 6.45) is 2.38. The number of carbonyl (C=O) groups excluding carboxylic acids is 2. The van der Waals surface area contributed by atoms with Crippen LogP contribution in [0.4, 0.5) is 0 Å². The zero-order valence-corrected chi connectivity index (χ0v) is 19.3. The van der Waals surface area contributed by atoms with Gasteiger partial charge in [-0.3, -0.25) is 9.59 Å². The molecule has 0 spiro atoms. The van der Waals surface area contributed by atoms with Crippen LogP contribution in [0.3, 0.4) is 0 Å². The van der Waals surface area contributed by atoms with Crippen molar-refractivity contribution in [1.29, 1.82) is 5.26 Å². The average molecular weight is 450 g/mol. The maximum absolute atomic E-state index is 12.8. The van der Waals surface area contributed by atoms with Gasteiger partial charge in [0, 0.05) is 17.5 Å². The maximum Gasteiger partial charge on any atom is 0.317 e. The van der Waals surface area contributed by atoms with Crippen LogP contribution in [0.2, 0.25) is 0 Å². The summed E-state index contributed by atoms with van der Waals surface area (Å²) in [5.74, 6) is 1.05. The normalized spacial score (nSPS) is 15.9. The molecular weight excluding hydrogens is 422 g/mol. The molecule has 7 nitrogen and oxygen atoms in total. The fraction of sp³-hybridized carbons (Fsp3) is 0.423. The number of fused-ring (bicyclic) bond motifs is 1. The Kier molecular flexibility index (Phi) is 5.79. The topological polar surface area (TPSA) is 94.9 Å². The third kappa shape index (κ3) is 4.13. The second-order valence-corrected chi connectivity index (χ2v) is 9.01. The number of methoxy groups -OCH3 is 2. The monoisotopic (exact) mass is 449 g/mol. The summed E-state index contributed by atoms with van der Waals surface area (Å²) in [5, 5.41) is 9.21. The zero-order chi connectivity index (χ0) is 23.8. The van der Waals surface area contributed by atoms with Crippen molar-refractivity contribution in [2.75, 3.05) is 20.8 Å². The first kappa shape index (κ1) is 22.7. The predicted octanol–water partition coefficient (Wildman–Crippen LogP) is 4.50. The smallest absolute Gasteiger partial charge is 0.317 e. The van der Waals surface area contributed by atoms with Crippen LogP contribution in [0.25, 0.3) is 11.1 Å². The van der Waals surface area contributed by atoms with Gasteiger partial charge in [0.05, 0.1) is 14.2 Å². The van der Waals surface area contributed by atoms with E-state index in [0.29, 0.717) is 42.9 Å². The molecule has 0 heterocycles. The van der Waals surface area contributed by atoms with Crippen LogP contribution in [0.1, 0.15) is 49.0 Å². The molecule has 0 saturated heterocycles. The lowest BCUT2D eigenvalue weighted by molar-refractivity contribution is -0.160. The molecule has 0 radical (unpaired) electrons. The molecule has 0 atom stereocenters. The van der Waals surface area contributed by atoms with E-state index in [1.54, 1.807) is 27.0 Å². The molecule has 0 bridgehead atoms. The predicted molar refractivity (Wildman–Crippen MR) is 121 cm³/mol. The highest BCUT2D eigenvalue weighted by Gasteiger charge is 2.54. The Morgan fingerprint density at radius 1 is 1.03 bits per heavy atom. The van der Waals surface area contributed by atoms with Crippen molar-refractivity contribution in [1.82, 2.24) is 0 Å². The Hall–Kier alpha value is -3.53. The van der Waals surface area contributed by atoms with E-state index in [1.165, 1.54) is 7.11 Å². The number of nitrogens with zero attached hydrogens (tertiary/aromatic N) is 1. The van der Waals surface area contributed by atoms with E-state index in [-0.39, 0.29) is 12.4 Å². The van der Waals surface area contributed by atoms with E-state index < -0.39 is 17.0 Å². The minimum Gasteiger partial charge on any atom is -0.493 e. The van der Waals surface area contributed by atoms with Crippen LogP contribution in [0, 0.1) is 16.7 Å². The molecular formula is C26H27NO6. The lowest BCUT2D eigenvalue weighted by atomic mass is 9.95. The van der Waals surface area contributed by atoms with Crippen molar-refractivity contribution in [3.8, 4) is 34.4 Å². The average Bonchev–Trinajstić information content (AvgIpc) is 3.52. The summed E-state index contributed by atoms with van der Waals surface area (Å²) in [4.78, 5) is 25.1. The van der Waals surface area contributed by atoms with Crippen LogP contribution < -0.4 is 14.2 Å². The largest absolute Gasteiger partial charge is 0.493 e.